The Bertz CT molecular complexity index is 748. The Morgan fingerprint density at radius 2 is 1.76 bits per heavy atom. The van der Waals surface area contributed by atoms with E-state index in [-0.39, 0.29) is 17.2 Å². The third kappa shape index (κ3) is 6.96. The molecular weight excluding hydrogens is 381 g/mol. The van der Waals surface area contributed by atoms with Gasteiger partial charge in [-0.25, -0.2) is 0 Å². The van der Waals surface area contributed by atoms with Gasteiger partial charge in [-0.2, -0.15) is 0 Å². The highest BCUT2D eigenvalue weighted by Gasteiger charge is 2.40. The zero-order valence-electron chi connectivity index (χ0n) is 18.4. The first-order valence-electron chi connectivity index (χ1n) is 10.2. The normalized spacial score (nSPS) is 14.3. The molecule has 0 aliphatic rings. The largest absolute Gasteiger partial charge is 0.488 e. The monoisotopic (exact) mass is 415 g/mol. The first-order valence-corrected chi connectivity index (χ1v) is 13.1. The molecule has 0 fully saturated rings. The van der Waals surface area contributed by atoms with Crippen molar-refractivity contribution in [3.05, 3.63) is 54.4 Å². The van der Waals surface area contributed by atoms with Crippen LogP contribution in [0.5, 0.6) is 5.75 Å². The second-order valence-electron chi connectivity index (χ2n) is 9.08. The Hall–Kier alpha value is -1.67. The summed E-state index contributed by atoms with van der Waals surface area (Å²) in [4.78, 5) is 4.21. The minimum atomic E-state index is -1.97. The molecule has 1 unspecified atom stereocenters. The first-order chi connectivity index (χ1) is 13.5. The Kier molecular flexibility index (Phi) is 8.05. The lowest BCUT2D eigenvalue weighted by Gasteiger charge is -2.41. The van der Waals surface area contributed by atoms with Gasteiger partial charge in [-0.15, -0.1) is 0 Å². The predicted octanol–water partition coefficient (Wildman–Crippen LogP) is 3.55. The molecule has 1 heterocycles. The Morgan fingerprint density at radius 1 is 1.10 bits per heavy atom. The third-order valence-corrected chi connectivity index (χ3v) is 10.2. The molecule has 0 amide bonds. The van der Waals surface area contributed by atoms with E-state index >= 15 is 0 Å². The van der Waals surface area contributed by atoms with Gasteiger partial charge in [0.25, 0.3) is 0 Å². The van der Waals surface area contributed by atoms with Crippen LogP contribution in [-0.2, 0) is 10.8 Å². The average molecular weight is 415 g/mol. The summed E-state index contributed by atoms with van der Waals surface area (Å²) < 4.78 is 12.9. The van der Waals surface area contributed by atoms with Crippen molar-refractivity contribution < 1.29 is 19.2 Å². The van der Waals surface area contributed by atoms with E-state index in [4.69, 9.17) is 9.16 Å². The van der Waals surface area contributed by atoms with E-state index in [0.29, 0.717) is 11.2 Å². The van der Waals surface area contributed by atoms with Gasteiger partial charge in [-0.3, -0.25) is 4.98 Å². The molecule has 5 nitrogen and oxygen atoms in total. The second-order valence-corrected chi connectivity index (χ2v) is 13.8. The number of hydrogen-bond acceptors (Lipinski definition) is 5. The summed E-state index contributed by atoms with van der Waals surface area (Å²) >= 11 is 0. The molecule has 0 radical (unpaired) electrons. The Labute approximate surface area is 176 Å². The van der Waals surface area contributed by atoms with Crippen molar-refractivity contribution in [1.29, 1.82) is 0 Å². The van der Waals surface area contributed by atoms with Crippen molar-refractivity contribution in [2.24, 2.45) is 0 Å². The summed E-state index contributed by atoms with van der Waals surface area (Å²) in [7, 11) is -3.45. The molecule has 1 aromatic heterocycles. The lowest BCUT2D eigenvalue weighted by molar-refractivity contribution is 0.0500. The highest BCUT2D eigenvalue weighted by atomic mass is 28.4. The van der Waals surface area contributed by atoms with E-state index in [1.165, 1.54) is 5.56 Å². The molecule has 2 N–H and O–H groups in total. The molecule has 0 spiro atoms. The van der Waals surface area contributed by atoms with Crippen molar-refractivity contribution in [3.8, 4) is 5.75 Å². The maximum atomic E-state index is 9.26. The van der Waals surface area contributed by atoms with Crippen molar-refractivity contribution >= 4 is 20.9 Å². The van der Waals surface area contributed by atoms with Crippen LogP contribution in [0.15, 0.2) is 48.8 Å². The molecule has 29 heavy (non-hydrogen) atoms. The fourth-order valence-electron chi connectivity index (χ4n) is 2.81. The zero-order valence-corrected chi connectivity index (χ0v) is 19.4. The van der Waals surface area contributed by atoms with Gasteiger partial charge in [0.15, 0.2) is 8.32 Å². The van der Waals surface area contributed by atoms with Gasteiger partial charge in [0, 0.05) is 12.4 Å². The van der Waals surface area contributed by atoms with Crippen LogP contribution >= 0.6 is 0 Å². The topological polar surface area (TPSA) is 71.8 Å². The number of pyridine rings is 1. The number of nitrogens with zero attached hydrogens (tertiary/aromatic N) is 1. The summed E-state index contributed by atoms with van der Waals surface area (Å²) in [6.07, 6.45) is 5.19. The molecule has 1 aromatic carbocycles. The molecule has 0 saturated heterocycles. The maximum absolute atomic E-state index is 9.26. The average Bonchev–Trinajstić information content (AvgIpc) is 2.65. The van der Waals surface area contributed by atoms with Crippen LogP contribution in [0.1, 0.15) is 39.7 Å². The van der Waals surface area contributed by atoms with Gasteiger partial charge in [-0.1, -0.05) is 39.0 Å². The van der Waals surface area contributed by atoms with Gasteiger partial charge in [0.2, 0.25) is 0 Å². The second kappa shape index (κ2) is 9.89. The zero-order chi connectivity index (χ0) is 21.7. The van der Waals surface area contributed by atoms with E-state index in [0.717, 1.165) is 12.8 Å². The molecule has 0 aliphatic heterocycles. The van der Waals surface area contributed by atoms with Crippen LogP contribution in [0.4, 0.5) is 0 Å². The molecule has 0 bridgehead atoms. The van der Waals surface area contributed by atoms with Crippen LogP contribution in [0.3, 0.4) is 0 Å². The summed E-state index contributed by atoms with van der Waals surface area (Å²) in [5.74, 6) is 0.687. The van der Waals surface area contributed by atoms with Gasteiger partial charge in [0.1, 0.15) is 11.9 Å². The van der Waals surface area contributed by atoms with Crippen LogP contribution in [0, 0.1) is 0 Å². The number of aryl methyl sites for hydroxylation is 1. The molecular formula is C22H34BNO4Si. The van der Waals surface area contributed by atoms with Gasteiger partial charge in [-0.05, 0) is 67.1 Å². The van der Waals surface area contributed by atoms with Crippen LogP contribution < -0.4 is 10.2 Å². The number of benzene rings is 1. The SMILES string of the molecule is CC(Oc1ccc(B(O)O)cc1)[C@@H](CCc1cccnc1)O[Si](C)(C)C(C)(C)C. The molecule has 2 rings (SSSR count). The molecule has 2 aromatic rings. The number of hydrogen-bond donors (Lipinski definition) is 2. The number of aromatic nitrogens is 1. The molecule has 0 saturated carbocycles. The Morgan fingerprint density at radius 3 is 2.28 bits per heavy atom. The summed E-state index contributed by atoms with van der Waals surface area (Å²) in [5, 5.41) is 18.6. The maximum Gasteiger partial charge on any atom is 0.488 e. The third-order valence-electron chi connectivity index (χ3n) is 5.72. The molecule has 158 valence electrons. The molecule has 0 aliphatic carbocycles. The van der Waals surface area contributed by atoms with Crippen molar-refractivity contribution in [3.63, 3.8) is 0 Å². The van der Waals surface area contributed by atoms with E-state index in [1.54, 1.807) is 30.5 Å². The minimum absolute atomic E-state index is 0.0563. The van der Waals surface area contributed by atoms with Gasteiger partial charge in [0.05, 0.1) is 6.10 Å². The highest BCUT2D eigenvalue weighted by Crippen LogP contribution is 2.38. The standard InChI is InChI=1S/C22H34BNO4Si/c1-17(27-20-12-10-19(11-13-20)23(25)26)21(28-29(5,6)22(2,3)4)14-9-18-8-7-15-24-16-18/h7-8,10-13,15-17,21,25-26H,9,14H2,1-6H3/t17?,21-/m1/s1. The fraction of sp³-hybridized carbons (Fsp3) is 0.500. The number of ether oxygens (including phenoxy) is 1. The lowest BCUT2D eigenvalue weighted by atomic mass is 9.80. The smallest absolute Gasteiger partial charge is 0.488 e. The Balaban J connectivity index is 2.13. The van der Waals surface area contributed by atoms with Gasteiger partial charge >= 0.3 is 7.12 Å². The summed E-state index contributed by atoms with van der Waals surface area (Å²) in [6, 6.07) is 10.9. The van der Waals surface area contributed by atoms with Crippen LogP contribution in [0.25, 0.3) is 0 Å². The fourth-order valence-corrected chi connectivity index (χ4v) is 4.23. The van der Waals surface area contributed by atoms with E-state index in [1.807, 2.05) is 19.2 Å². The highest BCUT2D eigenvalue weighted by molar-refractivity contribution is 6.74. The van der Waals surface area contributed by atoms with E-state index < -0.39 is 15.4 Å². The first kappa shape index (κ1) is 23.6. The van der Waals surface area contributed by atoms with Crippen molar-refractivity contribution in [1.82, 2.24) is 4.98 Å². The van der Waals surface area contributed by atoms with Crippen molar-refractivity contribution in [2.45, 2.75) is 70.9 Å². The predicted molar refractivity (Wildman–Crippen MR) is 121 cm³/mol. The van der Waals surface area contributed by atoms with E-state index in [2.05, 4.69) is 44.9 Å². The summed E-state index contributed by atoms with van der Waals surface area (Å²) in [5.41, 5.74) is 1.63. The van der Waals surface area contributed by atoms with Gasteiger partial charge < -0.3 is 19.2 Å². The molecule has 7 heteroatoms. The van der Waals surface area contributed by atoms with E-state index in [9.17, 15) is 10.0 Å². The van der Waals surface area contributed by atoms with Crippen molar-refractivity contribution in [2.75, 3.05) is 0 Å². The molecule has 2 atom stereocenters. The summed E-state index contributed by atoms with van der Waals surface area (Å²) in [6.45, 7) is 13.3. The van der Waals surface area contributed by atoms with Crippen LogP contribution in [-0.4, -0.2) is 42.7 Å². The lowest BCUT2D eigenvalue weighted by Crippen LogP contribution is -2.47. The minimum Gasteiger partial charge on any atom is -0.488 e. The van der Waals surface area contributed by atoms with Crippen LogP contribution in [0.2, 0.25) is 18.1 Å². The quantitative estimate of drug-likeness (QED) is 0.613. The number of rotatable bonds is 9.